The van der Waals surface area contributed by atoms with Crippen LogP contribution >= 0.6 is 7.60 Å². The summed E-state index contributed by atoms with van der Waals surface area (Å²) in [5.41, 5.74) is -0.907. The third-order valence-electron chi connectivity index (χ3n) is 3.00. The van der Waals surface area contributed by atoms with Gasteiger partial charge < -0.3 is 24.0 Å². The Morgan fingerprint density at radius 1 is 1.59 bits per heavy atom. The van der Waals surface area contributed by atoms with Gasteiger partial charge in [0, 0.05) is 25.4 Å². The van der Waals surface area contributed by atoms with Gasteiger partial charge in [-0.05, 0) is 6.08 Å². The average Bonchev–Trinajstić information content (AvgIpc) is 2.26. The molecule has 3 aliphatic rings. The molecule has 0 aromatic carbocycles. The molecule has 3 heterocycles. The SMILES string of the molecule is [B]C1O[C@@]2(/C=C/P(=O)(O)O)CO[C@@H]1[C@H](OC)C2. The van der Waals surface area contributed by atoms with Gasteiger partial charge in [0.1, 0.15) is 19.6 Å². The van der Waals surface area contributed by atoms with Crippen molar-refractivity contribution >= 4 is 15.4 Å². The van der Waals surface area contributed by atoms with Crippen LogP contribution < -0.4 is 0 Å². The summed E-state index contributed by atoms with van der Waals surface area (Å²) in [6.07, 6.45) is 1.24. The first-order valence-corrected chi connectivity index (χ1v) is 6.87. The zero-order chi connectivity index (χ0) is 12.7. The molecule has 1 unspecified atom stereocenters. The van der Waals surface area contributed by atoms with Crippen LogP contribution in [0.2, 0.25) is 0 Å². The van der Waals surface area contributed by atoms with Crippen molar-refractivity contribution in [1.29, 1.82) is 0 Å². The predicted octanol–water partition coefficient (Wildman–Crippen LogP) is -0.255. The molecule has 8 heteroatoms. The molecule has 3 rings (SSSR count). The molecule has 3 fully saturated rings. The van der Waals surface area contributed by atoms with Gasteiger partial charge in [0.05, 0.1) is 12.7 Å². The summed E-state index contributed by atoms with van der Waals surface area (Å²) in [6, 6.07) is -0.649. The summed E-state index contributed by atoms with van der Waals surface area (Å²) < 4.78 is 27.1. The minimum absolute atomic E-state index is 0.224. The van der Waals surface area contributed by atoms with E-state index in [1.165, 1.54) is 6.08 Å². The number of fused-ring (bicyclic) bond motifs is 3. The van der Waals surface area contributed by atoms with Crippen LogP contribution in [0.25, 0.3) is 0 Å². The molecule has 0 spiro atoms. The summed E-state index contributed by atoms with van der Waals surface area (Å²) >= 11 is 0. The highest BCUT2D eigenvalue weighted by molar-refractivity contribution is 7.55. The van der Waals surface area contributed by atoms with Gasteiger partial charge in [0.15, 0.2) is 0 Å². The van der Waals surface area contributed by atoms with E-state index in [1.807, 2.05) is 0 Å². The van der Waals surface area contributed by atoms with E-state index in [2.05, 4.69) is 0 Å². The number of rotatable bonds is 3. The standard InChI is InChI=1S/C9H14BO6P/c1-14-6-4-9(2-3-17(11,12)13)5-15-7(6)8(10)16-9/h2-3,6-8H,4-5H2,1H3,(H2,11,12,13)/b3-2+/t6-,7-,8?,9-/m1/s1. The lowest BCUT2D eigenvalue weighted by atomic mass is 9.78. The van der Waals surface area contributed by atoms with Crippen LogP contribution in [0, 0.1) is 0 Å². The first-order chi connectivity index (χ1) is 7.85. The zero-order valence-electron chi connectivity index (χ0n) is 9.35. The Labute approximate surface area is 101 Å². The minimum Gasteiger partial charge on any atom is -0.379 e. The highest BCUT2D eigenvalue weighted by Crippen LogP contribution is 2.42. The fourth-order valence-electron chi connectivity index (χ4n) is 2.19. The third-order valence-corrected chi connectivity index (χ3v) is 3.54. The van der Waals surface area contributed by atoms with Crippen molar-refractivity contribution in [3.05, 3.63) is 11.9 Å². The highest BCUT2D eigenvalue weighted by atomic mass is 31.2. The van der Waals surface area contributed by atoms with Crippen LogP contribution in [0.1, 0.15) is 6.42 Å². The maximum absolute atomic E-state index is 10.8. The van der Waals surface area contributed by atoms with Gasteiger partial charge in [-0.1, -0.05) is 0 Å². The Morgan fingerprint density at radius 2 is 2.29 bits per heavy atom. The van der Waals surface area contributed by atoms with Crippen molar-refractivity contribution in [3.63, 3.8) is 0 Å². The van der Waals surface area contributed by atoms with Crippen molar-refractivity contribution < 1.29 is 28.6 Å². The van der Waals surface area contributed by atoms with Gasteiger partial charge in [-0.25, -0.2) is 0 Å². The fraction of sp³-hybridized carbons (Fsp3) is 0.778. The maximum atomic E-state index is 10.8. The predicted molar refractivity (Wildman–Crippen MR) is 59.7 cm³/mol. The van der Waals surface area contributed by atoms with E-state index < -0.39 is 19.2 Å². The monoisotopic (exact) mass is 260 g/mol. The van der Waals surface area contributed by atoms with Gasteiger partial charge in [-0.15, -0.1) is 0 Å². The largest absolute Gasteiger partial charge is 0.379 e. The second kappa shape index (κ2) is 4.50. The quantitative estimate of drug-likeness (QED) is 0.537. The van der Waals surface area contributed by atoms with Crippen LogP contribution in [0.4, 0.5) is 0 Å². The van der Waals surface area contributed by atoms with E-state index in [0.29, 0.717) is 6.42 Å². The first kappa shape index (κ1) is 13.3. The second-order valence-electron chi connectivity index (χ2n) is 4.31. The molecule has 94 valence electrons. The van der Waals surface area contributed by atoms with Gasteiger partial charge in [0.25, 0.3) is 0 Å². The van der Waals surface area contributed by atoms with Crippen molar-refractivity contribution in [2.24, 2.45) is 0 Å². The summed E-state index contributed by atoms with van der Waals surface area (Å²) in [5.74, 6) is 0.821. The summed E-state index contributed by atoms with van der Waals surface area (Å²) in [5, 5.41) is 0. The molecule has 0 amide bonds. The normalized spacial score (nSPS) is 42.2. The smallest absolute Gasteiger partial charge is 0.348 e. The van der Waals surface area contributed by atoms with Crippen molar-refractivity contribution in [1.82, 2.24) is 0 Å². The van der Waals surface area contributed by atoms with Crippen LogP contribution in [0.3, 0.4) is 0 Å². The van der Waals surface area contributed by atoms with Gasteiger partial charge >= 0.3 is 7.60 Å². The number of hydrogen-bond donors (Lipinski definition) is 2. The molecule has 17 heavy (non-hydrogen) atoms. The molecule has 6 nitrogen and oxygen atoms in total. The summed E-state index contributed by atoms with van der Waals surface area (Å²) in [7, 11) is 3.08. The molecule has 2 bridgehead atoms. The Kier molecular flexibility index (Phi) is 3.51. The van der Waals surface area contributed by atoms with E-state index in [9.17, 15) is 4.57 Å². The van der Waals surface area contributed by atoms with Crippen molar-refractivity contribution in [3.8, 4) is 0 Å². The summed E-state index contributed by atoms with van der Waals surface area (Å²) in [6.45, 7) is 0.224. The molecular weight excluding hydrogens is 246 g/mol. The molecule has 0 saturated carbocycles. The molecular formula is C9H14BO6P. The van der Waals surface area contributed by atoms with E-state index in [4.69, 9.17) is 31.8 Å². The number of hydrogen-bond acceptors (Lipinski definition) is 4. The molecule has 2 N–H and O–H groups in total. The van der Waals surface area contributed by atoms with Crippen LogP contribution in [0.5, 0.6) is 0 Å². The van der Waals surface area contributed by atoms with Gasteiger partial charge in [-0.3, -0.25) is 4.57 Å². The van der Waals surface area contributed by atoms with Crippen molar-refractivity contribution in [2.45, 2.75) is 30.2 Å². The second-order valence-corrected chi connectivity index (χ2v) is 5.78. The molecule has 3 saturated heterocycles. The van der Waals surface area contributed by atoms with Crippen LogP contribution in [-0.2, 0) is 18.8 Å². The van der Waals surface area contributed by atoms with E-state index >= 15 is 0 Å². The van der Waals surface area contributed by atoms with Crippen LogP contribution in [-0.4, -0.2) is 55.2 Å². The summed E-state index contributed by atoms with van der Waals surface area (Å²) in [4.78, 5) is 17.7. The topological polar surface area (TPSA) is 85.2 Å². The van der Waals surface area contributed by atoms with Gasteiger partial charge in [0.2, 0.25) is 0 Å². The molecule has 0 aromatic rings. The maximum Gasteiger partial charge on any atom is 0.348 e. The Bertz CT molecular complexity index is 368. The van der Waals surface area contributed by atoms with E-state index in [0.717, 1.165) is 5.82 Å². The Morgan fingerprint density at radius 3 is 2.82 bits per heavy atom. The molecule has 4 atom stereocenters. The Balaban J connectivity index is 2.19. The number of methoxy groups -OCH3 is 1. The third kappa shape index (κ3) is 2.81. The average molecular weight is 260 g/mol. The number of ether oxygens (including phenoxy) is 3. The van der Waals surface area contributed by atoms with E-state index in [1.54, 1.807) is 7.11 Å². The van der Waals surface area contributed by atoms with E-state index in [-0.39, 0.29) is 18.8 Å². The minimum atomic E-state index is -4.22. The fourth-order valence-corrected chi connectivity index (χ4v) is 2.66. The molecule has 3 aliphatic heterocycles. The molecule has 0 aliphatic carbocycles. The van der Waals surface area contributed by atoms with Gasteiger partial charge in [-0.2, -0.15) is 0 Å². The lowest BCUT2D eigenvalue weighted by Gasteiger charge is -2.52. The lowest BCUT2D eigenvalue weighted by molar-refractivity contribution is -0.267. The first-order valence-electron chi connectivity index (χ1n) is 5.19. The zero-order valence-corrected chi connectivity index (χ0v) is 10.2. The van der Waals surface area contributed by atoms with Crippen molar-refractivity contribution in [2.75, 3.05) is 13.7 Å². The molecule has 0 aromatic heterocycles. The highest BCUT2D eigenvalue weighted by Gasteiger charge is 2.50. The lowest BCUT2D eigenvalue weighted by Crippen LogP contribution is -2.63. The Hall–Kier alpha value is -0.165. The van der Waals surface area contributed by atoms with Crippen LogP contribution in [0.15, 0.2) is 11.9 Å². The molecule has 2 radical (unpaired) electrons.